The lowest BCUT2D eigenvalue weighted by atomic mass is 9.49. The number of rotatable bonds is 5. The number of fused-ring (bicyclic) bond motifs is 1. The van der Waals surface area contributed by atoms with Crippen molar-refractivity contribution in [1.82, 2.24) is 24.6 Å². The largest absolute Gasteiger partial charge is 0.354 e. The van der Waals surface area contributed by atoms with Gasteiger partial charge in [-0.05, 0) is 81.3 Å². The van der Waals surface area contributed by atoms with Crippen LogP contribution in [0.2, 0.25) is 0 Å². The zero-order valence-corrected chi connectivity index (χ0v) is 22.0. The van der Waals surface area contributed by atoms with E-state index in [4.69, 9.17) is 15.1 Å². The van der Waals surface area contributed by atoms with Crippen molar-refractivity contribution in [3.63, 3.8) is 0 Å². The number of amides is 1. The summed E-state index contributed by atoms with van der Waals surface area (Å²) in [6.45, 7) is 5.52. The molecule has 2 aromatic heterocycles. The maximum Gasteiger partial charge on any atom is 0.228 e. The van der Waals surface area contributed by atoms with Crippen LogP contribution in [0, 0.1) is 23.2 Å². The minimum Gasteiger partial charge on any atom is -0.354 e. The van der Waals surface area contributed by atoms with Gasteiger partial charge in [-0.2, -0.15) is 5.10 Å². The minimum absolute atomic E-state index is 0.0583. The Hall–Kier alpha value is -2.96. The number of carbonyl (C=O) groups is 1. The van der Waals surface area contributed by atoms with Gasteiger partial charge < -0.3 is 9.80 Å². The topological polar surface area (TPSA) is 67.2 Å². The average Bonchev–Trinajstić information content (AvgIpc) is 3.17. The minimum atomic E-state index is -0.0583. The maximum absolute atomic E-state index is 14.0. The molecule has 1 aromatic carbocycles. The number of hydrogen-bond donors (Lipinski definition) is 0. The SMILES string of the molecule is CCCc1nc(N2CCCN(C(=O)C34CC5CC(CC(C5)C3)C4)CC2)c2cnn(-c3ccccc3)c2n1. The highest BCUT2D eigenvalue weighted by Crippen LogP contribution is 2.60. The molecule has 1 amide bonds. The van der Waals surface area contributed by atoms with Crippen LogP contribution in [0.5, 0.6) is 0 Å². The number of aromatic nitrogens is 4. The highest BCUT2D eigenvalue weighted by atomic mass is 16.2. The number of carbonyl (C=O) groups excluding carboxylic acids is 1. The average molecular weight is 499 g/mol. The Morgan fingerprint density at radius 2 is 1.68 bits per heavy atom. The van der Waals surface area contributed by atoms with E-state index in [0.29, 0.717) is 5.91 Å². The third-order valence-electron chi connectivity index (χ3n) is 9.50. The summed E-state index contributed by atoms with van der Waals surface area (Å²) in [7, 11) is 0. The van der Waals surface area contributed by atoms with Crippen molar-refractivity contribution in [2.24, 2.45) is 23.2 Å². The van der Waals surface area contributed by atoms with Crippen LogP contribution in [0.4, 0.5) is 5.82 Å². The maximum atomic E-state index is 14.0. The Kier molecular flexibility index (Phi) is 5.70. The Morgan fingerprint density at radius 3 is 2.38 bits per heavy atom. The molecule has 1 saturated heterocycles. The monoisotopic (exact) mass is 498 g/mol. The van der Waals surface area contributed by atoms with Crippen molar-refractivity contribution in [3.05, 3.63) is 42.4 Å². The van der Waals surface area contributed by atoms with Crippen molar-refractivity contribution >= 4 is 22.8 Å². The van der Waals surface area contributed by atoms with Crippen molar-refractivity contribution in [3.8, 4) is 5.69 Å². The molecule has 0 radical (unpaired) electrons. The van der Waals surface area contributed by atoms with Crippen molar-refractivity contribution in [2.75, 3.05) is 31.1 Å². The molecule has 194 valence electrons. The molecule has 3 aromatic rings. The molecule has 3 heterocycles. The molecule has 5 aliphatic rings. The predicted octanol–water partition coefficient (Wildman–Crippen LogP) is 5.02. The number of aryl methyl sites for hydroxylation is 1. The fraction of sp³-hybridized carbons (Fsp3) is 0.600. The van der Waals surface area contributed by atoms with Gasteiger partial charge >= 0.3 is 0 Å². The first-order valence-electron chi connectivity index (χ1n) is 14.5. The van der Waals surface area contributed by atoms with E-state index < -0.39 is 0 Å². The molecule has 8 rings (SSSR count). The predicted molar refractivity (Wildman–Crippen MR) is 145 cm³/mol. The molecule has 4 aliphatic carbocycles. The van der Waals surface area contributed by atoms with Crippen molar-refractivity contribution in [2.45, 2.75) is 64.7 Å². The summed E-state index contributed by atoms with van der Waals surface area (Å²) in [5.41, 5.74) is 1.82. The molecule has 0 N–H and O–H groups in total. The molecule has 5 fully saturated rings. The van der Waals surface area contributed by atoms with Crippen LogP contribution in [0.15, 0.2) is 36.5 Å². The van der Waals surface area contributed by atoms with E-state index in [-0.39, 0.29) is 5.41 Å². The number of para-hydroxylation sites is 1. The van der Waals surface area contributed by atoms with E-state index in [2.05, 4.69) is 28.9 Å². The third kappa shape index (κ3) is 4.02. The molecule has 4 bridgehead atoms. The van der Waals surface area contributed by atoms with Crippen LogP contribution < -0.4 is 4.90 Å². The van der Waals surface area contributed by atoms with Gasteiger partial charge in [-0.15, -0.1) is 0 Å². The fourth-order valence-electron chi connectivity index (χ4n) is 8.31. The molecular weight excluding hydrogens is 460 g/mol. The van der Waals surface area contributed by atoms with E-state index >= 15 is 0 Å². The summed E-state index contributed by atoms with van der Waals surface area (Å²) < 4.78 is 1.93. The number of anilines is 1. The van der Waals surface area contributed by atoms with Crippen LogP contribution in [0.1, 0.15) is 64.1 Å². The summed E-state index contributed by atoms with van der Waals surface area (Å²) in [6, 6.07) is 10.2. The summed E-state index contributed by atoms with van der Waals surface area (Å²) in [6.07, 6.45) is 12.3. The van der Waals surface area contributed by atoms with Gasteiger partial charge in [0, 0.05) is 32.6 Å². The normalized spacial score (nSPS) is 29.2. The molecule has 1 aliphatic heterocycles. The second-order valence-corrected chi connectivity index (χ2v) is 12.2. The first kappa shape index (κ1) is 23.2. The Bertz CT molecular complexity index is 1260. The Balaban J connectivity index is 1.16. The second kappa shape index (κ2) is 9.10. The van der Waals surface area contributed by atoms with E-state index in [1.54, 1.807) is 0 Å². The van der Waals surface area contributed by atoms with Crippen LogP contribution in [0.3, 0.4) is 0 Å². The van der Waals surface area contributed by atoms with Crippen molar-refractivity contribution in [1.29, 1.82) is 0 Å². The molecule has 37 heavy (non-hydrogen) atoms. The first-order valence-corrected chi connectivity index (χ1v) is 14.5. The lowest BCUT2D eigenvalue weighted by Crippen LogP contribution is -2.55. The van der Waals surface area contributed by atoms with Crippen LogP contribution in [-0.2, 0) is 11.2 Å². The summed E-state index contributed by atoms with van der Waals surface area (Å²) in [5, 5.41) is 5.71. The van der Waals surface area contributed by atoms with E-state index in [1.165, 1.54) is 19.3 Å². The highest BCUT2D eigenvalue weighted by Gasteiger charge is 2.55. The lowest BCUT2D eigenvalue weighted by Gasteiger charge is -2.56. The molecule has 4 saturated carbocycles. The second-order valence-electron chi connectivity index (χ2n) is 12.2. The Labute approximate surface area is 219 Å². The van der Waals surface area contributed by atoms with Gasteiger partial charge in [-0.25, -0.2) is 14.6 Å². The first-order chi connectivity index (χ1) is 18.1. The van der Waals surface area contributed by atoms with Gasteiger partial charge in [0.1, 0.15) is 11.6 Å². The van der Waals surface area contributed by atoms with Crippen LogP contribution >= 0.6 is 0 Å². The number of nitrogens with zero attached hydrogens (tertiary/aromatic N) is 6. The molecular formula is C30H38N6O. The lowest BCUT2D eigenvalue weighted by molar-refractivity contribution is -0.157. The van der Waals surface area contributed by atoms with Gasteiger partial charge in [0.25, 0.3) is 0 Å². The van der Waals surface area contributed by atoms with E-state index in [0.717, 1.165) is 111 Å². The van der Waals surface area contributed by atoms with E-state index in [9.17, 15) is 4.79 Å². The zero-order chi connectivity index (χ0) is 25.0. The smallest absolute Gasteiger partial charge is 0.228 e. The molecule has 7 nitrogen and oxygen atoms in total. The summed E-state index contributed by atoms with van der Waals surface area (Å²) >= 11 is 0. The quantitative estimate of drug-likeness (QED) is 0.494. The van der Waals surface area contributed by atoms with Gasteiger partial charge in [-0.1, -0.05) is 25.1 Å². The Morgan fingerprint density at radius 1 is 0.946 bits per heavy atom. The fourth-order valence-corrected chi connectivity index (χ4v) is 8.31. The van der Waals surface area contributed by atoms with Crippen LogP contribution in [-0.4, -0.2) is 56.7 Å². The highest BCUT2D eigenvalue weighted by molar-refractivity contribution is 5.88. The standard InChI is InChI=1S/C30H38N6O/c1-2-7-26-32-27(25-20-31-36(28(25)33-26)24-8-4-3-5-9-24)34-10-6-11-35(13-12-34)29(37)30-17-21-14-22(18-30)16-23(15-21)19-30/h3-5,8-9,20-23H,2,6-7,10-19H2,1H3. The number of benzene rings is 1. The zero-order valence-electron chi connectivity index (χ0n) is 22.0. The molecule has 7 heteroatoms. The van der Waals surface area contributed by atoms with Gasteiger partial charge in [0.05, 0.1) is 22.7 Å². The van der Waals surface area contributed by atoms with E-state index in [1.807, 2.05) is 29.1 Å². The summed E-state index contributed by atoms with van der Waals surface area (Å²) in [5.74, 6) is 4.70. The summed E-state index contributed by atoms with van der Waals surface area (Å²) in [4.78, 5) is 28.6. The van der Waals surface area contributed by atoms with Gasteiger partial charge in [0.15, 0.2) is 5.65 Å². The van der Waals surface area contributed by atoms with Gasteiger partial charge in [-0.3, -0.25) is 4.79 Å². The third-order valence-corrected chi connectivity index (χ3v) is 9.50. The van der Waals surface area contributed by atoms with Crippen LogP contribution in [0.25, 0.3) is 16.7 Å². The molecule has 0 unspecified atom stereocenters. The molecule has 0 atom stereocenters. The number of hydrogen-bond acceptors (Lipinski definition) is 5. The van der Waals surface area contributed by atoms with Gasteiger partial charge in [0.2, 0.25) is 5.91 Å². The molecule has 0 spiro atoms. The van der Waals surface area contributed by atoms with Crippen molar-refractivity contribution < 1.29 is 4.79 Å².